The topological polar surface area (TPSA) is 29.3 Å². The predicted octanol–water partition coefficient (Wildman–Crippen LogP) is 4.58. The summed E-state index contributed by atoms with van der Waals surface area (Å²) in [6, 6.07) is 11.8. The van der Waals surface area contributed by atoms with E-state index in [2.05, 4.69) is 56.0 Å². The molecule has 0 unspecified atom stereocenters. The van der Waals surface area contributed by atoms with Crippen LogP contribution in [0.25, 0.3) is 0 Å². The van der Waals surface area contributed by atoms with E-state index in [4.69, 9.17) is 5.73 Å². The van der Waals surface area contributed by atoms with Crippen molar-refractivity contribution in [3.8, 4) is 0 Å². The third-order valence-corrected chi connectivity index (χ3v) is 6.96. The molecule has 0 spiro atoms. The van der Waals surface area contributed by atoms with Crippen molar-refractivity contribution in [3.05, 3.63) is 35.9 Å². The van der Waals surface area contributed by atoms with Crippen LogP contribution in [0.1, 0.15) is 64.9 Å². The molecule has 0 amide bonds. The fraction of sp³-hybridized carbons (Fsp3) is 0.727. The van der Waals surface area contributed by atoms with E-state index >= 15 is 0 Å². The average Bonchev–Trinajstić information content (AvgIpc) is 2.62. The van der Waals surface area contributed by atoms with Gasteiger partial charge in [0.05, 0.1) is 0 Å². The van der Waals surface area contributed by atoms with Gasteiger partial charge in [0, 0.05) is 18.0 Å². The van der Waals surface area contributed by atoms with E-state index in [9.17, 15) is 0 Å². The zero-order valence-electron chi connectivity index (χ0n) is 15.9. The van der Waals surface area contributed by atoms with Gasteiger partial charge in [0.2, 0.25) is 0 Å². The number of benzene rings is 1. The van der Waals surface area contributed by atoms with Gasteiger partial charge in [0.15, 0.2) is 0 Å². The number of nitrogens with zero attached hydrogens (tertiary/aromatic N) is 1. The van der Waals surface area contributed by atoms with Crippen molar-refractivity contribution >= 4 is 0 Å². The highest BCUT2D eigenvalue weighted by Gasteiger charge is 2.38. The molecule has 0 bridgehead atoms. The first-order valence-corrected chi connectivity index (χ1v) is 9.94. The average molecular weight is 329 g/mol. The fourth-order valence-electron chi connectivity index (χ4n) is 5.05. The van der Waals surface area contributed by atoms with E-state index < -0.39 is 0 Å². The van der Waals surface area contributed by atoms with Crippen LogP contribution in [0.2, 0.25) is 0 Å². The van der Waals surface area contributed by atoms with Crippen LogP contribution in [-0.4, -0.2) is 30.6 Å². The van der Waals surface area contributed by atoms with Crippen molar-refractivity contribution in [1.82, 2.24) is 4.90 Å². The van der Waals surface area contributed by atoms with Gasteiger partial charge in [0.1, 0.15) is 0 Å². The molecule has 1 aromatic rings. The van der Waals surface area contributed by atoms with Crippen molar-refractivity contribution in [2.75, 3.05) is 19.6 Å². The first kappa shape index (κ1) is 17.9. The van der Waals surface area contributed by atoms with Crippen LogP contribution in [0, 0.1) is 11.3 Å². The Morgan fingerprint density at radius 1 is 1.00 bits per heavy atom. The second kappa shape index (κ2) is 7.17. The van der Waals surface area contributed by atoms with Crippen molar-refractivity contribution < 1.29 is 0 Å². The summed E-state index contributed by atoms with van der Waals surface area (Å²) in [4.78, 5) is 2.79. The van der Waals surface area contributed by atoms with Crippen molar-refractivity contribution in [3.63, 3.8) is 0 Å². The Morgan fingerprint density at radius 2 is 1.58 bits per heavy atom. The van der Waals surface area contributed by atoms with Gasteiger partial charge in [-0.25, -0.2) is 0 Å². The highest BCUT2D eigenvalue weighted by Crippen LogP contribution is 2.42. The minimum atomic E-state index is 0.224. The van der Waals surface area contributed by atoms with E-state index in [0.717, 1.165) is 18.5 Å². The zero-order chi connectivity index (χ0) is 17.2. The molecule has 1 heterocycles. The Bertz CT molecular complexity index is 501. The standard InChI is InChI=1S/C22H36N2/c1-21(2,3)18-11-15-24(16-12-18)20-9-13-22(17-23,14-10-20)19-7-5-4-6-8-19/h4-8,18,20H,9-17,23H2,1-3H3/t20-,22-. The normalized spacial score (nSPS) is 30.4. The third-order valence-electron chi connectivity index (χ3n) is 6.96. The predicted molar refractivity (Wildman–Crippen MR) is 103 cm³/mol. The first-order chi connectivity index (χ1) is 11.4. The molecule has 0 atom stereocenters. The van der Waals surface area contributed by atoms with Crippen LogP contribution in [0.5, 0.6) is 0 Å². The minimum Gasteiger partial charge on any atom is -0.330 e. The second-order valence-corrected chi connectivity index (χ2v) is 9.26. The number of rotatable bonds is 3. The lowest BCUT2D eigenvalue weighted by atomic mass is 9.67. The molecular formula is C22H36N2. The number of piperidine rings is 1. The maximum absolute atomic E-state index is 6.25. The molecule has 1 aliphatic carbocycles. The molecule has 0 aromatic heterocycles. The zero-order valence-corrected chi connectivity index (χ0v) is 15.9. The number of hydrogen-bond donors (Lipinski definition) is 1. The molecule has 1 saturated heterocycles. The highest BCUT2D eigenvalue weighted by molar-refractivity contribution is 5.26. The SMILES string of the molecule is CC(C)(C)C1CCN([C@H]2CC[C@](CN)(c3ccccc3)CC2)CC1. The highest BCUT2D eigenvalue weighted by atomic mass is 15.2. The van der Waals surface area contributed by atoms with Gasteiger partial charge >= 0.3 is 0 Å². The van der Waals surface area contributed by atoms with Gasteiger partial charge in [0.25, 0.3) is 0 Å². The lowest BCUT2D eigenvalue weighted by Gasteiger charge is -2.46. The molecule has 1 saturated carbocycles. The quantitative estimate of drug-likeness (QED) is 0.879. The van der Waals surface area contributed by atoms with E-state index in [1.54, 1.807) is 0 Å². The van der Waals surface area contributed by atoms with E-state index in [-0.39, 0.29) is 5.41 Å². The summed E-state index contributed by atoms with van der Waals surface area (Å²) in [6.45, 7) is 10.6. The van der Waals surface area contributed by atoms with Crippen LogP contribution in [0.3, 0.4) is 0 Å². The lowest BCUT2D eigenvalue weighted by Crippen LogP contribution is -2.48. The first-order valence-electron chi connectivity index (χ1n) is 9.94. The molecule has 24 heavy (non-hydrogen) atoms. The van der Waals surface area contributed by atoms with Crippen molar-refractivity contribution in [2.45, 2.75) is 70.8 Å². The third kappa shape index (κ3) is 3.70. The van der Waals surface area contributed by atoms with Crippen LogP contribution in [0.4, 0.5) is 0 Å². The number of hydrogen-bond acceptors (Lipinski definition) is 2. The smallest absolute Gasteiger partial charge is 0.00959 e. The fourth-order valence-corrected chi connectivity index (χ4v) is 5.05. The summed E-state index contributed by atoms with van der Waals surface area (Å²) in [5.74, 6) is 0.893. The van der Waals surface area contributed by atoms with Gasteiger partial charge < -0.3 is 10.6 Å². The molecule has 3 rings (SSSR count). The largest absolute Gasteiger partial charge is 0.330 e. The molecule has 134 valence electrons. The Balaban J connectivity index is 1.58. The lowest BCUT2D eigenvalue weighted by molar-refractivity contribution is 0.0575. The molecule has 1 aromatic carbocycles. The molecule has 0 radical (unpaired) electrons. The van der Waals surface area contributed by atoms with Crippen LogP contribution < -0.4 is 5.73 Å². The number of nitrogens with two attached hydrogens (primary N) is 1. The summed E-state index contributed by atoms with van der Waals surface area (Å²) in [5, 5.41) is 0. The maximum atomic E-state index is 6.25. The van der Waals surface area contributed by atoms with Crippen molar-refractivity contribution in [2.24, 2.45) is 17.1 Å². The summed E-state index contributed by atoms with van der Waals surface area (Å²) in [5.41, 5.74) is 8.40. The monoisotopic (exact) mass is 328 g/mol. The maximum Gasteiger partial charge on any atom is 0.00959 e. The molecule has 2 nitrogen and oxygen atoms in total. The van der Waals surface area contributed by atoms with Gasteiger partial charge in [-0.2, -0.15) is 0 Å². The summed E-state index contributed by atoms with van der Waals surface area (Å²) in [6.07, 6.45) is 7.87. The molecule has 2 heteroatoms. The van der Waals surface area contributed by atoms with Crippen molar-refractivity contribution in [1.29, 1.82) is 0 Å². The Labute approximate surface area is 148 Å². The minimum absolute atomic E-state index is 0.224. The van der Waals surface area contributed by atoms with E-state index in [1.807, 2.05) is 0 Å². The van der Waals surface area contributed by atoms with Gasteiger partial charge in [-0.05, 0) is 68.5 Å². The summed E-state index contributed by atoms with van der Waals surface area (Å²) >= 11 is 0. The summed E-state index contributed by atoms with van der Waals surface area (Å²) in [7, 11) is 0. The molecule has 1 aliphatic heterocycles. The Morgan fingerprint density at radius 3 is 2.08 bits per heavy atom. The van der Waals surface area contributed by atoms with Crippen LogP contribution in [-0.2, 0) is 5.41 Å². The van der Waals surface area contributed by atoms with E-state index in [0.29, 0.717) is 5.41 Å². The van der Waals surface area contributed by atoms with Crippen LogP contribution >= 0.6 is 0 Å². The van der Waals surface area contributed by atoms with Crippen LogP contribution in [0.15, 0.2) is 30.3 Å². The molecular weight excluding hydrogens is 292 g/mol. The molecule has 2 fully saturated rings. The van der Waals surface area contributed by atoms with Gasteiger partial charge in [-0.1, -0.05) is 51.1 Å². The Kier molecular flexibility index (Phi) is 5.36. The van der Waals surface area contributed by atoms with E-state index in [1.165, 1.54) is 57.2 Å². The Hall–Kier alpha value is -0.860. The molecule has 2 N–H and O–H groups in total. The summed E-state index contributed by atoms with van der Waals surface area (Å²) < 4.78 is 0. The number of likely N-dealkylation sites (tertiary alicyclic amines) is 1. The van der Waals surface area contributed by atoms with Gasteiger partial charge in [-0.15, -0.1) is 0 Å². The second-order valence-electron chi connectivity index (χ2n) is 9.26. The molecule has 2 aliphatic rings. The van der Waals surface area contributed by atoms with Gasteiger partial charge in [-0.3, -0.25) is 0 Å².